The minimum absolute atomic E-state index is 0.00157. The van der Waals surface area contributed by atoms with Gasteiger partial charge >= 0.3 is 0 Å². The Kier molecular flexibility index (Phi) is 11.5. The van der Waals surface area contributed by atoms with Crippen LogP contribution < -0.4 is 15.4 Å². The van der Waals surface area contributed by atoms with Gasteiger partial charge in [-0.1, -0.05) is 65.0 Å². The lowest BCUT2D eigenvalue weighted by Crippen LogP contribution is -2.62. The lowest BCUT2D eigenvalue weighted by molar-refractivity contribution is -0.183. The second-order valence-electron chi connectivity index (χ2n) is 15.9. The van der Waals surface area contributed by atoms with E-state index >= 15 is 0 Å². The second kappa shape index (κ2) is 15.1. The summed E-state index contributed by atoms with van der Waals surface area (Å²) in [6.07, 6.45) is 0.524. The molecule has 1 saturated heterocycles. The number of fused-ring (bicyclic) bond motifs is 2. The SMILES string of the molecule is COc1c(CN2O[C@@H](CO)[C@@H]([C@H](C)O)[C@H]2C(=O)N[C@H]2C[C@H]3C[C@H]([C@@H]2C)C3(C)C)cccc1-c1cccc(C(=O)N[C@@H](CN(C)C)C(C)C)c1. The van der Waals surface area contributed by atoms with Gasteiger partial charge in [-0.15, -0.1) is 0 Å². The van der Waals surface area contributed by atoms with E-state index in [2.05, 4.69) is 50.2 Å². The fourth-order valence-corrected chi connectivity index (χ4v) is 8.73. The number of aliphatic hydroxyl groups excluding tert-OH is 2. The van der Waals surface area contributed by atoms with Gasteiger partial charge in [-0.25, -0.2) is 0 Å². The highest BCUT2D eigenvalue weighted by molar-refractivity contribution is 5.96. The lowest BCUT2D eigenvalue weighted by atomic mass is 9.45. The molecule has 0 spiro atoms. The van der Waals surface area contributed by atoms with Crippen molar-refractivity contribution in [3.05, 3.63) is 53.6 Å². The number of hydrogen-bond donors (Lipinski definition) is 4. The number of benzene rings is 2. The van der Waals surface area contributed by atoms with Gasteiger partial charge in [0.15, 0.2) is 0 Å². The molecule has 0 unspecified atom stereocenters. The summed E-state index contributed by atoms with van der Waals surface area (Å²) in [6, 6.07) is 12.5. The van der Waals surface area contributed by atoms with E-state index in [4.69, 9.17) is 9.57 Å². The Balaban J connectivity index is 1.39. The molecule has 2 amide bonds. The fourth-order valence-electron chi connectivity index (χ4n) is 8.73. The summed E-state index contributed by atoms with van der Waals surface area (Å²) >= 11 is 0. The Bertz CT molecular complexity index is 1480. The number of nitrogens with zero attached hydrogens (tertiary/aromatic N) is 2. The van der Waals surface area contributed by atoms with Gasteiger partial charge in [0, 0.05) is 41.2 Å². The summed E-state index contributed by atoms with van der Waals surface area (Å²) in [7, 11) is 5.60. The van der Waals surface area contributed by atoms with Crippen molar-refractivity contribution in [3.63, 3.8) is 0 Å². The van der Waals surface area contributed by atoms with Crippen molar-refractivity contribution >= 4 is 11.8 Å². The van der Waals surface area contributed by atoms with E-state index in [-0.39, 0.29) is 43.0 Å². The predicted octanol–water partition coefficient (Wildman–Crippen LogP) is 4.34. The molecule has 4 N–H and O–H groups in total. The third-order valence-corrected chi connectivity index (χ3v) is 11.8. The van der Waals surface area contributed by atoms with Gasteiger partial charge in [0.25, 0.3) is 5.91 Å². The van der Waals surface area contributed by atoms with Crippen LogP contribution in [0, 0.1) is 35.0 Å². The molecule has 270 valence electrons. The number of amides is 2. The zero-order valence-electron chi connectivity index (χ0n) is 30.8. The number of para-hydroxylation sites is 1. The number of methoxy groups -OCH3 is 1. The fraction of sp³-hybridized carbons (Fsp3) is 0.641. The van der Waals surface area contributed by atoms with Crippen molar-refractivity contribution < 1.29 is 29.4 Å². The first-order chi connectivity index (χ1) is 23.2. The summed E-state index contributed by atoms with van der Waals surface area (Å²) in [5.74, 6) is 1.41. The zero-order chi connectivity index (χ0) is 35.8. The van der Waals surface area contributed by atoms with Gasteiger partial charge in [-0.3, -0.25) is 14.4 Å². The molecule has 49 heavy (non-hydrogen) atoms. The largest absolute Gasteiger partial charge is 0.496 e. The molecule has 3 saturated carbocycles. The number of hydrogen-bond acceptors (Lipinski definition) is 8. The normalized spacial score (nSPS) is 29.0. The second-order valence-corrected chi connectivity index (χ2v) is 15.9. The van der Waals surface area contributed by atoms with Gasteiger partial charge in [0.2, 0.25) is 5.91 Å². The van der Waals surface area contributed by atoms with Crippen LogP contribution in [0.25, 0.3) is 11.1 Å². The maximum Gasteiger partial charge on any atom is 0.251 e. The molecule has 6 rings (SSSR count). The lowest BCUT2D eigenvalue weighted by Gasteiger charge is -2.62. The van der Waals surface area contributed by atoms with Gasteiger partial charge in [-0.05, 0) is 80.6 Å². The van der Waals surface area contributed by atoms with Crippen molar-refractivity contribution in [2.75, 3.05) is 34.4 Å². The Labute approximate surface area is 292 Å². The third-order valence-electron chi connectivity index (χ3n) is 11.8. The molecule has 2 aromatic rings. The first-order valence-corrected chi connectivity index (χ1v) is 17.9. The number of carbonyl (C=O) groups excluding carboxylic acids is 2. The first-order valence-electron chi connectivity index (χ1n) is 17.9. The molecule has 2 aromatic carbocycles. The molecule has 0 aromatic heterocycles. The summed E-state index contributed by atoms with van der Waals surface area (Å²) < 4.78 is 5.99. The molecule has 3 aliphatic carbocycles. The number of nitrogens with one attached hydrogen (secondary N) is 2. The van der Waals surface area contributed by atoms with Crippen molar-refractivity contribution in [2.24, 2.45) is 35.0 Å². The molecule has 0 radical (unpaired) electrons. The highest BCUT2D eigenvalue weighted by Crippen LogP contribution is 2.61. The Morgan fingerprint density at radius 2 is 1.84 bits per heavy atom. The molecule has 9 atom stereocenters. The zero-order valence-corrected chi connectivity index (χ0v) is 30.8. The summed E-state index contributed by atoms with van der Waals surface area (Å²) in [4.78, 5) is 35.8. The average Bonchev–Trinajstić information content (AvgIpc) is 3.43. The maximum atomic E-state index is 14.1. The number of aliphatic hydroxyl groups is 2. The van der Waals surface area contributed by atoms with Crippen LogP contribution in [0.1, 0.15) is 70.3 Å². The quantitative estimate of drug-likeness (QED) is 0.247. The summed E-state index contributed by atoms with van der Waals surface area (Å²) in [5, 5.41) is 29.3. The molecule has 10 heteroatoms. The number of hydroxylamine groups is 2. The first kappa shape index (κ1) is 37.2. The molecule has 10 nitrogen and oxygen atoms in total. The van der Waals surface area contributed by atoms with Crippen LogP contribution in [0.2, 0.25) is 0 Å². The minimum Gasteiger partial charge on any atom is -0.496 e. The number of likely N-dealkylation sites (N-methyl/N-ethyl adjacent to an activating group) is 1. The highest BCUT2D eigenvalue weighted by Gasteiger charge is 2.57. The number of rotatable bonds is 13. The number of carbonyl (C=O) groups is 2. The van der Waals surface area contributed by atoms with Crippen LogP contribution in [0.3, 0.4) is 0 Å². The van der Waals surface area contributed by atoms with E-state index in [1.54, 1.807) is 19.1 Å². The van der Waals surface area contributed by atoms with Crippen LogP contribution in [0.5, 0.6) is 5.75 Å². The summed E-state index contributed by atoms with van der Waals surface area (Å²) in [5.41, 5.74) is 3.24. The van der Waals surface area contributed by atoms with Gasteiger partial charge in [0.1, 0.15) is 17.9 Å². The highest BCUT2D eigenvalue weighted by atomic mass is 16.7. The van der Waals surface area contributed by atoms with E-state index in [0.29, 0.717) is 34.5 Å². The maximum absolute atomic E-state index is 14.1. The van der Waals surface area contributed by atoms with E-state index in [0.717, 1.165) is 29.7 Å². The van der Waals surface area contributed by atoms with Gasteiger partial charge in [-0.2, -0.15) is 5.06 Å². The molecule has 1 aliphatic heterocycles. The van der Waals surface area contributed by atoms with Crippen molar-refractivity contribution in [1.29, 1.82) is 0 Å². The Morgan fingerprint density at radius 1 is 1.12 bits per heavy atom. The topological polar surface area (TPSA) is 124 Å². The molecule has 4 fully saturated rings. The van der Waals surface area contributed by atoms with Crippen molar-refractivity contribution in [3.8, 4) is 16.9 Å². The standard InChI is InChI=1S/C39H58N4O6/c1-22(2)32(20-42(7)8)41-37(46)26-13-10-12-25(16-26)29-15-11-14-27(36(29)48-9)19-43-35(34(24(4)45)33(21-44)49-43)38(47)40-31-18-28-17-30(23(31)3)39(28,5)6/h10-16,22-24,28,30-35,44-45H,17-21H2,1-9H3,(H,40,47)(H,41,46)/t23-,24-,28+,30+,31-,32-,33-,34+,35-/m0/s1. The van der Waals surface area contributed by atoms with E-state index in [1.165, 1.54) is 6.42 Å². The summed E-state index contributed by atoms with van der Waals surface area (Å²) in [6.45, 7) is 13.4. The van der Waals surface area contributed by atoms with Crippen LogP contribution >= 0.6 is 0 Å². The monoisotopic (exact) mass is 678 g/mol. The third kappa shape index (κ3) is 7.54. The van der Waals surface area contributed by atoms with Crippen LogP contribution in [-0.4, -0.2) is 96.7 Å². The van der Waals surface area contributed by atoms with Crippen molar-refractivity contribution in [2.45, 2.75) is 91.3 Å². The van der Waals surface area contributed by atoms with Crippen LogP contribution in [-0.2, 0) is 16.2 Å². The Morgan fingerprint density at radius 3 is 2.43 bits per heavy atom. The molecule has 1 heterocycles. The molecule has 4 aliphatic rings. The van der Waals surface area contributed by atoms with Crippen LogP contribution in [0.15, 0.2) is 42.5 Å². The smallest absolute Gasteiger partial charge is 0.251 e. The molecular weight excluding hydrogens is 620 g/mol. The molecular formula is C39H58N4O6. The molecule has 2 bridgehead atoms. The number of ether oxygens (including phenoxy) is 1. The van der Waals surface area contributed by atoms with E-state index < -0.39 is 24.2 Å². The van der Waals surface area contributed by atoms with Gasteiger partial charge in [0.05, 0.1) is 26.4 Å². The van der Waals surface area contributed by atoms with E-state index in [1.807, 2.05) is 56.6 Å². The Hall–Kier alpha value is -3.02. The minimum atomic E-state index is -0.885. The van der Waals surface area contributed by atoms with Gasteiger partial charge < -0.3 is 30.5 Å². The van der Waals surface area contributed by atoms with E-state index in [9.17, 15) is 19.8 Å². The van der Waals surface area contributed by atoms with Crippen molar-refractivity contribution in [1.82, 2.24) is 20.6 Å². The van der Waals surface area contributed by atoms with Crippen LogP contribution in [0.4, 0.5) is 0 Å². The average molecular weight is 679 g/mol. The predicted molar refractivity (Wildman–Crippen MR) is 191 cm³/mol.